The Morgan fingerprint density at radius 2 is 1.72 bits per heavy atom. The molecule has 0 aliphatic carbocycles. The normalized spacial score (nSPS) is 16.3. The van der Waals surface area contributed by atoms with Crippen LogP contribution in [0.15, 0.2) is 78.0 Å². The molecule has 1 aromatic heterocycles. The first-order valence-corrected chi connectivity index (χ1v) is 12.8. The Morgan fingerprint density at radius 3 is 2.39 bits per heavy atom. The number of sulfonamides is 1. The van der Waals surface area contributed by atoms with Crippen molar-refractivity contribution in [3.05, 3.63) is 78.6 Å². The predicted octanol–water partition coefficient (Wildman–Crippen LogP) is 1.33. The molecular weight excluding hydrogens is 484 g/mol. The SMILES string of the molecule is O=C(NC[C@H](NS(=O)(=O)c1ccccc1)C(=O)O)c1ccc(N2CC[C@H](Nc3ncccn3)C2)cc1. The highest BCUT2D eigenvalue weighted by Crippen LogP contribution is 2.22. The molecule has 0 unspecified atom stereocenters. The maximum absolute atomic E-state index is 12.6. The van der Waals surface area contributed by atoms with Crippen LogP contribution >= 0.6 is 0 Å². The van der Waals surface area contributed by atoms with Crippen LogP contribution in [0.25, 0.3) is 0 Å². The van der Waals surface area contributed by atoms with E-state index in [0.717, 1.165) is 25.2 Å². The van der Waals surface area contributed by atoms with Crippen molar-refractivity contribution in [3.63, 3.8) is 0 Å². The second-order valence-electron chi connectivity index (χ2n) is 8.23. The molecule has 3 aromatic rings. The molecule has 2 atom stereocenters. The smallest absolute Gasteiger partial charge is 0.323 e. The lowest BCUT2D eigenvalue weighted by Gasteiger charge is -2.19. The first kappa shape index (κ1) is 25.1. The summed E-state index contributed by atoms with van der Waals surface area (Å²) < 4.78 is 27.0. The van der Waals surface area contributed by atoms with E-state index < -0.39 is 34.5 Å². The summed E-state index contributed by atoms with van der Waals surface area (Å²) in [5.74, 6) is -1.32. The van der Waals surface area contributed by atoms with Crippen LogP contribution < -0.4 is 20.3 Å². The van der Waals surface area contributed by atoms with Gasteiger partial charge in [0.15, 0.2) is 0 Å². The Hall–Kier alpha value is -4.03. The largest absolute Gasteiger partial charge is 0.480 e. The van der Waals surface area contributed by atoms with Crippen molar-refractivity contribution in [2.45, 2.75) is 23.4 Å². The molecule has 1 aliphatic heterocycles. The highest BCUT2D eigenvalue weighted by Gasteiger charge is 2.26. The van der Waals surface area contributed by atoms with Crippen LogP contribution in [0.1, 0.15) is 16.8 Å². The summed E-state index contributed by atoms with van der Waals surface area (Å²) in [6, 6.07) is 14.8. The van der Waals surface area contributed by atoms with Crippen molar-refractivity contribution in [1.82, 2.24) is 20.0 Å². The van der Waals surface area contributed by atoms with E-state index in [-0.39, 0.29) is 10.9 Å². The number of nitrogens with zero attached hydrogens (tertiary/aromatic N) is 3. The first-order valence-electron chi connectivity index (χ1n) is 11.3. The van der Waals surface area contributed by atoms with Crippen LogP contribution in [0.4, 0.5) is 11.6 Å². The quantitative estimate of drug-likeness (QED) is 0.316. The van der Waals surface area contributed by atoms with Gasteiger partial charge in [-0.15, -0.1) is 0 Å². The Kier molecular flexibility index (Phi) is 7.76. The van der Waals surface area contributed by atoms with Gasteiger partial charge in [0.05, 0.1) is 4.90 Å². The summed E-state index contributed by atoms with van der Waals surface area (Å²) in [6.45, 7) is 1.17. The predicted molar refractivity (Wildman–Crippen MR) is 133 cm³/mol. The molecule has 1 fully saturated rings. The summed E-state index contributed by atoms with van der Waals surface area (Å²) in [4.78, 5) is 34.7. The van der Waals surface area contributed by atoms with Gasteiger partial charge in [-0.05, 0) is 48.9 Å². The Bertz CT molecular complexity index is 1290. The van der Waals surface area contributed by atoms with Crippen LogP contribution in [0.2, 0.25) is 0 Å². The number of benzene rings is 2. The molecule has 0 radical (unpaired) electrons. The van der Waals surface area contributed by atoms with Crippen molar-refractivity contribution >= 4 is 33.5 Å². The summed E-state index contributed by atoms with van der Waals surface area (Å²) in [5, 5.41) is 15.2. The van der Waals surface area contributed by atoms with Crippen LogP contribution in [0, 0.1) is 0 Å². The van der Waals surface area contributed by atoms with E-state index in [4.69, 9.17) is 0 Å². The lowest BCUT2D eigenvalue weighted by molar-refractivity contribution is -0.138. The van der Waals surface area contributed by atoms with Gasteiger partial charge in [-0.25, -0.2) is 18.4 Å². The van der Waals surface area contributed by atoms with E-state index in [1.54, 1.807) is 36.7 Å². The summed E-state index contributed by atoms with van der Waals surface area (Å²) in [6.07, 6.45) is 4.28. The Labute approximate surface area is 208 Å². The zero-order valence-electron chi connectivity index (χ0n) is 19.2. The second kappa shape index (κ2) is 11.1. The number of carboxylic acid groups (broad SMARTS) is 1. The van der Waals surface area contributed by atoms with E-state index in [1.807, 2.05) is 12.1 Å². The number of amides is 1. The third kappa shape index (κ3) is 6.34. The molecule has 2 aromatic carbocycles. The average molecular weight is 511 g/mol. The maximum atomic E-state index is 12.6. The molecule has 0 spiro atoms. The van der Waals surface area contributed by atoms with Crippen molar-refractivity contribution < 1.29 is 23.1 Å². The van der Waals surface area contributed by atoms with E-state index in [2.05, 4.69) is 30.2 Å². The van der Waals surface area contributed by atoms with Crippen molar-refractivity contribution in [2.75, 3.05) is 29.9 Å². The summed E-state index contributed by atoms with van der Waals surface area (Å²) in [5.41, 5.74) is 1.28. The van der Waals surface area contributed by atoms with Gasteiger partial charge in [-0.1, -0.05) is 18.2 Å². The molecule has 2 heterocycles. The molecule has 12 heteroatoms. The van der Waals surface area contributed by atoms with Gasteiger partial charge in [0.1, 0.15) is 6.04 Å². The Morgan fingerprint density at radius 1 is 1.03 bits per heavy atom. The molecular formula is C24H26N6O5S. The molecule has 188 valence electrons. The summed E-state index contributed by atoms with van der Waals surface area (Å²) in [7, 11) is -4.06. The highest BCUT2D eigenvalue weighted by atomic mass is 32.2. The van der Waals surface area contributed by atoms with Gasteiger partial charge in [-0.3, -0.25) is 9.59 Å². The van der Waals surface area contributed by atoms with E-state index in [9.17, 15) is 23.1 Å². The van der Waals surface area contributed by atoms with Crippen LogP contribution in [-0.2, 0) is 14.8 Å². The number of carbonyl (C=O) groups excluding carboxylic acids is 1. The van der Waals surface area contributed by atoms with E-state index >= 15 is 0 Å². The molecule has 36 heavy (non-hydrogen) atoms. The molecule has 4 N–H and O–H groups in total. The van der Waals surface area contributed by atoms with Gasteiger partial charge in [0.2, 0.25) is 16.0 Å². The second-order valence-corrected chi connectivity index (χ2v) is 9.94. The topological polar surface area (TPSA) is 154 Å². The molecule has 1 saturated heterocycles. The van der Waals surface area contributed by atoms with Crippen molar-refractivity contribution in [2.24, 2.45) is 0 Å². The van der Waals surface area contributed by atoms with E-state index in [1.165, 1.54) is 24.3 Å². The number of nitrogens with one attached hydrogen (secondary N) is 3. The minimum atomic E-state index is -4.06. The monoisotopic (exact) mass is 510 g/mol. The van der Waals surface area contributed by atoms with Crippen LogP contribution in [-0.4, -0.2) is 67.1 Å². The first-order chi connectivity index (χ1) is 17.3. The van der Waals surface area contributed by atoms with Gasteiger partial charge in [0.25, 0.3) is 5.91 Å². The number of hydrogen-bond acceptors (Lipinski definition) is 8. The zero-order chi connectivity index (χ0) is 25.5. The van der Waals surface area contributed by atoms with Gasteiger partial charge >= 0.3 is 5.97 Å². The number of aromatic nitrogens is 2. The van der Waals surface area contributed by atoms with Crippen molar-refractivity contribution in [3.8, 4) is 0 Å². The van der Waals surface area contributed by atoms with Gasteiger partial charge < -0.3 is 20.6 Å². The molecule has 4 rings (SSSR count). The fourth-order valence-corrected chi connectivity index (χ4v) is 5.03. The Balaban J connectivity index is 1.31. The third-order valence-electron chi connectivity index (χ3n) is 5.70. The fraction of sp³-hybridized carbons (Fsp3) is 0.250. The number of carboxylic acids is 1. The lowest BCUT2D eigenvalue weighted by Crippen LogP contribution is -2.48. The maximum Gasteiger partial charge on any atom is 0.323 e. The minimum Gasteiger partial charge on any atom is -0.480 e. The van der Waals surface area contributed by atoms with Crippen molar-refractivity contribution in [1.29, 1.82) is 0 Å². The van der Waals surface area contributed by atoms with E-state index in [0.29, 0.717) is 11.5 Å². The van der Waals surface area contributed by atoms with Crippen LogP contribution in [0.5, 0.6) is 0 Å². The number of hydrogen-bond donors (Lipinski definition) is 4. The number of rotatable bonds is 10. The number of aliphatic carboxylic acids is 1. The average Bonchev–Trinajstić information content (AvgIpc) is 3.36. The molecule has 1 aliphatic rings. The highest BCUT2D eigenvalue weighted by molar-refractivity contribution is 7.89. The zero-order valence-corrected chi connectivity index (χ0v) is 20.1. The molecule has 1 amide bonds. The van der Waals surface area contributed by atoms with Gasteiger partial charge in [-0.2, -0.15) is 4.72 Å². The fourth-order valence-electron chi connectivity index (χ4n) is 3.82. The van der Waals surface area contributed by atoms with Gasteiger partial charge in [0, 0.05) is 49.3 Å². The number of anilines is 2. The molecule has 0 saturated carbocycles. The third-order valence-corrected chi connectivity index (χ3v) is 7.19. The minimum absolute atomic E-state index is 0.0613. The molecule has 0 bridgehead atoms. The standard InChI is InChI=1S/C24H26N6O5S/c31-22(27-15-21(23(32)33)29-36(34,35)20-5-2-1-3-6-20)17-7-9-19(10-8-17)30-14-11-18(16-30)28-24-25-12-4-13-26-24/h1-10,12-13,18,21,29H,11,14-16H2,(H,27,31)(H,32,33)(H,25,26,28)/t18-,21-/m0/s1. The number of carbonyl (C=O) groups is 2. The lowest BCUT2D eigenvalue weighted by atomic mass is 10.2. The summed E-state index contributed by atoms with van der Waals surface area (Å²) >= 11 is 0. The molecule has 11 nitrogen and oxygen atoms in total. The van der Waals surface area contributed by atoms with Crippen LogP contribution in [0.3, 0.4) is 0 Å².